The summed E-state index contributed by atoms with van der Waals surface area (Å²) in [6.07, 6.45) is 2.70. The van der Waals surface area contributed by atoms with Gasteiger partial charge in [0.1, 0.15) is 5.58 Å². The van der Waals surface area contributed by atoms with E-state index in [1.165, 1.54) is 10.9 Å². The fraction of sp³-hybridized carbons (Fsp3) is 0.385. The van der Waals surface area contributed by atoms with Crippen LogP contribution in [0.15, 0.2) is 34.9 Å². The zero-order chi connectivity index (χ0) is 12.1. The number of aliphatic hydroxyl groups is 1. The predicted molar refractivity (Wildman–Crippen MR) is 67.8 cm³/mol. The molecule has 1 heterocycles. The van der Waals surface area contributed by atoms with Crippen LogP contribution in [-0.2, 0) is 6.42 Å². The highest BCUT2D eigenvalue weighted by Crippen LogP contribution is 2.20. The van der Waals surface area contributed by atoms with Crippen molar-refractivity contribution in [3.8, 4) is 0 Å². The van der Waals surface area contributed by atoms with Gasteiger partial charge in [-0.25, -0.2) is 0 Å². The average Bonchev–Trinajstić information content (AvgIpc) is 2.78. The van der Waals surface area contributed by atoms with Crippen LogP contribution >= 0.6 is 0 Å². The van der Waals surface area contributed by atoms with Crippen molar-refractivity contribution in [1.29, 1.82) is 0 Å². The van der Waals surface area contributed by atoms with E-state index in [1.807, 2.05) is 18.2 Å². The van der Waals surface area contributed by atoms with Crippen molar-refractivity contribution in [2.45, 2.75) is 12.5 Å². The second-order valence-corrected chi connectivity index (χ2v) is 4.15. The lowest BCUT2D eigenvalue weighted by atomic mass is 10.1. The van der Waals surface area contributed by atoms with Crippen LogP contribution in [-0.4, -0.2) is 30.8 Å². The molecule has 4 heteroatoms. The highest BCUT2D eigenvalue weighted by molar-refractivity contribution is 5.80. The molecule has 0 amide bonds. The molecule has 0 radical (unpaired) electrons. The second-order valence-electron chi connectivity index (χ2n) is 4.15. The molecule has 0 saturated heterocycles. The Balaban J connectivity index is 1.87. The number of rotatable bonds is 6. The van der Waals surface area contributed by atoms with E-state index in [0.717, 1.165) is 18.5 Å². The molecule has 0 saturated carbocycles. The fourth-order valence-corrected chi connectivity index (χ4v) is 1.80. The third-order valence-corrected chi connectivity index (χ3v) is 2.77. The second kappa shape index (κ2) is 5.82. The summed E-state index contributed by atoms with van der Waals surface area (Å²) in [5.74, 6) is 0. The summed E-state index contributed by atoms with van der Waals surface area (Å²) in [5.41, 5.74) is 7.72. The quantitative estimate of drug-likeness (QED) is 0.649. The molecule has 0 aliphatic carbocycles. The molecule has 1 aromatic heterocycles. The first-order chi connectivity index (χ1) is 8.31. The van der Waals surface area contributed by atoms with Crippen LogP contribution < -0.4 is 11.1 Å². The molecule has 2 rings (SSSR count). The zero-order valence-corrected chi connectivity index (χ0v) is 9.73. The standard InChI is InChI=1S/C13H18N2O2/c14-11(8-16)7-15-6-5-10-9-17-13-4-2-1-3-12(10)13/h1-4,9,11,15-16H,5-8,14H2. The van der Waals surface area contributed by atoms with Crippen LogP contribution in [0.2, 0.25) is 0 Å². The van der Waals surface area contributed by atoms with Gasteiger partial charge in [-0.3, -0.25) is 0 Å². The Labute approximate surface area is 100 Å². The molecule has 4 nitrogen and oxygen atoms in total. The average molecular weight is 234 g/mol. The highest BCUT2D eigenvalue weighted by Gasteiger charge is 2.04. The van der Waals surface area contributed by atoms with Crippen LogP contribution in [0.1, 0.15) is 5.56 Å². The van der Waals surface area contributed by atoms with Crippen molar-refractivity contribution in [2.75, 3.05) is 19.7 Å². The first-order valence-corrected chi connectivity index (χ1v) is 5.83. The maximum Gasteiger partial charge on any atom is 0.134 e. The van der Waals surface area contributed by atoms with Crippen molar-refractivity contribution >= 4 is 11.0 Å². The van der Waals surface area contributed by atoms with Gasteiger partial charge in [0.2, 0.25) is 0 Å². The summed E-state index contributed by atoms with van der Waals surface area (Å²) < 4.78 is 5.46. The van der Waals surface area contributed by atoms with Gasteiger partial charge in [-0.1, -0.05) is 18.2 Å². The number of nitrogens with two attached hydrogens (primary N) is 1. The molecule has 1 unspecified atom stereocenters. The van der Waals surface area contributed by atoms with Crippen LogP contribution in [0, 0.1) is 0 Å². The summed E-state index contributed by atoms with van der Waals surface area (Å²) in [4.78, 5) is 0. The minimum Gasteiger partial charge on any atom is -0.464 e. The Morgan fingerprint density at radius 1 is 1.35 bits per heavy atom. The Morgan fingerprint density at radius 2 is 2.18 bits per heavy atom. The molecule has 2 aromatic rings. The van der Waals surface area contributed by atoms with Gasteiger partial charge in [-0.15, -0.1) is 0 Å². The normalized spacial score (nSPS) is 13.1. The Morgan fingerprint density at radius 3 is 3.00 bits per heavy atom. The molecule has 0 aliphatic heterocycles. The topological polar surface area (TPSA) is 71.4 Å². The van der Waals surface area contributed by atoms with Gasteiger partial charge in [0.15, 0.2) is 0 Å². The van der Waals surface area contributed by atoms with E-state index in [4.69, 9.17) is 15.3 Å². The van der Waals surface area contributed by atoms with Crippen molar-refractivity contribution in [2.24, 2.45) is 5.73 Å². The van der Waals surface area contributed by atoms with E-state index in [-0.39, 0.29) is 12.6 Å². The number of fused-ring (bicyclic) bond motifs is 1. The van der Waals surface area contributed by atoms with Crippen molar-refractivity contribution in [3.63, 3.8) is 0 Å². The van der Waals surface area contributed by atoms with Gasteiger partial charge in [0.25, 0.3) is 0 Å². The van der Waals surface area contributed by atoms with Crippen molar-refractivity contribution < 1.29 is 9.52 Å². The summed E-state index contributed by atoms with van der Waals surface area (Å²) in [5, 5.41) is 13.2. The molecular formula is C13H18N2O2. The van der Waals surface area contributed by atoms with Crippen molar-refractivity contribution in [1.82, 2.24) is 5.32 Å². The van der Waals surface area contributed by atoms with Crippen LogP contribution in [0.4, 0.5) is 0 Å². The minimum absolute atomic E-state index is 0.0155. The predicted octanol–water partition coefficient (Wildman–Crippen LogP) is 0.885. The first-order valence-electron chi connectivity index (χ1n) is 5.83. The number of para-hydroxylation sites is 1. The van der Waals surface area contributed by atoms with E-state index >= 15 is 0 Å². The van der Waals surface area contributed by atoms with Gasteiger partial charge in [-0.05, 0) is 24.6 Å². The SMILES string of the molecule is NC(CO)CNCCc1coc2ccccc12. The maximum absolute atomic E-state index is 8.78. The molecule has 0 spiro atoms. The van der Waals surface area contributed by atoms with Gasteiger partial charge in [0.05, 0.1) is 12.9 Å². The number of hydrogen-bond acceptors (Lipinski definition) is 4. The minimum atomic E-state index is -0.184. The van der Waals surface area contributed by atoms with Crippen LogP contribution in [0.3, 0.4) is 0 Å². The molecule has 1 atom stereocenters. The van der Waals surface area contributed by atoms with Gasteiger partial charge < -0.3 is 20.6 Å². The number of hydrogen-bond donors (Lipinski definition) is 3. The molecule has 0 fully saturated rings. The third kappa shape index (κ3) is 3.06. The number of benzene rings is 1. The molecule has 1 aromatic carbocycles. The van der Waals surface area contributed by atoms with E-state index < -0.39 is 0 Å². The Bertz CT molecular complexity index is 467. The van der Waals surface area contributed by atoms with E-state index in [0.29, 0.717) is 6.54 Å². The molecule has 4 N–H and O–H groups in total. The molecule has 0 aliphatic rings. The Kier molecular flexibility index (Phi) is 4.14. The first kappa shape index (κ1) is 12.1. The lowest BCUT2D eigenvalue weighted by Crippen LogP contribution is -2.37. The molecule has 92 valence electrons. The highest BCUT2D eigenvalue weighted by atomic mass is 16.3. The lowest BCUT2D eigenvalue weighted by Gasteiger charge is -2.08. The summed E-state index contributed by atoms with van der Waals surface area (Å²) in [6, 6.07) is 7.82. The summed E-state index contributed by atoms with van der Waals surface area (Å²) in [7, 11) is 0. The molecule has 0 bridgehead atoms. The van der Waals surface area contributed by atoms with Crippen molar-refractivity contribution in [3.05, 3.63) is 36.1 Å². The van der Waals surface area contributed by atoms with Gasteiger partial charge in [-0.2, -0.15) is 0 Å². The monoisotopic (exact) mass is 234 g/mol. The van der Waals surface area contributed by atoms with Gasteiger partial charge >= 0.3 is 0 Å². The fourth-order valence-electron chi connectivity index (χ4n) is 1.80. The number of furan rings is 1. The largest absolute Gasteiger partial charge is 0.464 e. The summed E-state index contributed by atoms with van der Waals surface area (Å²) in [6.45, 7) is 1.48. The van der Waals surface area contributed by atoms with E-state index in [2.05, 4.69) is 11.4 Å². The van der Waals surface area contributed by atoms with E-state index in [1.54, 1.807) is 6.26 Å². The maximum atomic E-state index is 8.78. The number of nitrogens with one attached hydrogen (secondary N) is 1. The van der Waals surface area contributed by atoms with Gasteiger partial charge in [0, 0.05) is 18.0 Å². The number of aliphatic hydroxyl groups excluding tert-OH is 1. The van der Waals surface area contributed by atoms with Crippen LogP contribution in [0.5, 0.6) is 0 Å². The molecular weight excluding hydrogens is 216 g/mol. The smallest absolute Gasteiger partial charge is 0.134 e. The van der Waals surface area contributed by atoms with Crippen LogP contribution in [0.25, 0.3) is 11.0 Å². The summed E-state index contributed by atoms with van der Waals surface area (Å²) >= 11 is 0. The molecule has 17 heavy (non-hydrogen) atoms. The van der Waals surface area contributed by atoms with E-state index in [9.17, 15) is 0 Å². The third-order valence-electron chi connectivity index (χ3n) is 2.77. The zero-order valence-electron chi connectivity index (χ0n) is 9.73. The Hall–Kier alpha value is -1.36. The lowest BCUT2D eigenvalue weighted by molar-refractivity contribution is 0.262.